The fraction of sp³-hybridized carbons (Fsp3) is 0.667. The number of hydrogen-bond acceptors (Lipinski definition) is 3. The molecule has 18 heavy (non-hydrogen) atoms. The number of anilines is 1. The van der Waals surface area contributed by atoms with Crippen LogP contribution in [0.5, 0.6) is 0 Å². The van der Waals surface area contributed by atoms with Gasteiger partial charge in [0.1, 0.15) is 5.82 Å². The average Bonchev–Trinajstić information content (AvgIpc) is 2.38. The molecule has 0 fully saturated rings. The van der Waals surface area contributed by atoms with Crippen molar-refractivity contribution in [2.45, 2.75) is 46.6 Å². The summed E-state index contributed by atoms with van der Waals surface area (Å²) < 4.78 is 0. The van der Waals surface area contributed by atoms with Gasteiger partial charge in [-0.3, -0.25) is 4.90 Å². The smallest absolute Gasteiger partial charge is 0.130 e. The van der Waals surface area contributed by atoms with Crippen LogP contribution < -0.4 is 5.32 Å². The van der Waals surface area contributed by atoms with E-state index in [1.165, 1.54) is 18.4 Å². The first-order valence-corrected chi connectivity index (χ1v) is 7.21. The largest absolute Gasteiger partial charge is 0.370 e. The first kappa shape index (κ1) is 15.0. The molecule has 0 aliphatic rings. The molecule has 0 amide bonds. The van der Waals surface area contributed by atoms with Crippen LogP contribution in [-0.4, -0.2) is 29.5 Å². The summed E-state index contributed by atoms with van der Waals surface area (Å²) in [5.41, 5.74) is 1.31. The topological polar surface area (TPSA) is 28.2 Å². The Morgan fingerprint density at radius 3 is 2.44 bits per heavy atom. The van der Waals surface area contributed by atoms with Crippen LogP contribution in [0.2, 0.25) is 0 Å². The highest BCUT2D eigenvalue weighted by Crippen LogP contribution is 2.14. The highest BCUT2D eigenvalue weighted by atomic mass is 15.1. The maximum Gasteiger partial charge on any atom is 0.130 e. The lowest BCUT2D eigenvalue weighted by molar-refractivity contribution is 0.266. The van der Waals surface area contributed by atoms with Gasteiger partial charge < -0.3 is 5.32 Å². The summed E-state index contributed by atoms with van der Waals surface area (Å²) in [6.07, 6.45) is 5.41. The molecule has 1 heterocycles. The van der Waals surface area contributed by atoms with Gasteiger partial charge in [-0.25, -0.2) is 4.98 Å². The Morgan fingerprint density at radius 1 is 1.11 bits per heavy atom. The molecule has 1 aromatic heterocycles. The molecule has 0 unspecified atom stereocenters. The van der Waals surface area contributed by atoms with Gasteiger partial charge in [-0.05, 0) is 38.4 Å². The van der Waals surface area contributed by atoms with Crippen molar-refractivity contribution >= 4 is 5.82 Å². The summed E-state index contributed by atoms with van der Waals surface area (Å²) in [6.45, 7) is 11.0. The molecular weight excluding hydrogens is 222 g/mol. The van der Waals surface area contributed by atoms with Crippen LogP contribution in [0.15, 0.2) is 18.3 Å². The van der Waals surface area contributed by atoms with Crippen molar-refractivity contribution in [3.63, 3.8) is 0 Å². The molecule has 0 aromatic carbocycles. The van der Waals surface area contributed by atoms with Crippen molar-refractivity contribution in [1.29, 1.82) is 0 Å². The number of nitrogens with one attached hydrogen (secondary N) is 1. The van der Waals surface area contributed by atoms with Crippen molar-refractivity contribution in [1.82, 2.24) is 9.88 Å². The summed E-state index contributed by atoms with van der Waals surface area (Å²) in [5, 5.41) is 3.41. The normalized spacial score (nSPS) is 10.9. The van der Waals surface area contributed by atoms with Crippen molar-refractivity contribution in [2.24, 2.45) is 0 Å². The van der Waals surface area contributed by atoms with Crippen molar-refractivity contribution < 1.29 is 0 Å². The Bertz CT molecular complexity index is 319. The molecule has 1 N–H and O–H groups in total. The monoisotopic (exact) mass is 249 g/mol. The maximum atomic E-state index is 4.45. The van der Waals surface area contributed by atoms with E-state index in [1.54, 1.807) is 0 Å². The van der Waals surface area contributed by atoms with E-state index in [0.717, 1.165) is 38.4 Å². The second-order valence-electron chi connectivity index (χ2n) is 4.71. The third kappa shape index (κ3) is 5.05. The van der Waals surface area contributed by atoms with E-state index >= 15 is 0 Å². The SMILES string of the molecule is CCCNc1ncccc1CN(CCC)CCC. The summed E-state index contributed by atoms with van der Waals surface area (Å²) in [4.78, 5) is 6.96. The second kappa shape index (κ2) is 8.92. The molecule has 0 atom stereocenters. The molecule has 1 rings (SSSR count). The number of aromatic nitrogens is 1. The van der Waals surface area contributed by atoms with Crippen molar-refractivity contribution in [3.8, 4) is 0 Å². The van der Waals surface area contributed by atoms with Gasteiger partial charge in [-0.1, -0.05) is 26.8 Å². The van der Waals surface area contributed by atoms with Crippen LogP contribution >= 0.6 is 0 Å². The number of pyridine rings is 1. The molecular formula is C15H27N3. The highest BCUT2D eigenvalue weighted by Gasteiger charge is 2.08. The predicted molar refractivity (Wildman–Crippen MR) is 78.9 cm³/mol. The average molecular weight is 249 g/mol. The Morgan fingerprint density at radius 2 is 1.83 bits per heavy atom. The first-order valence-electron chi connectivity index (χ1n) is 7.21. The third-order valence-corrected chi connectivity index (χ3v) is 2.91. The second-order valence-corrected chi connectivity index (χ2v) is 4.71. The van der Waals surface area contributed by atoms with Crippen LogP contribution in [-0.2, 0) is 6.54 Å². The molecule has 102 valence electrons. The number of hydrogen-bond donors (Lipinski definition) is 1. The summed E-state index contributed by atoms with van der Waals surface area (Å²) in [6, 6.07) is 4.21. The maximum absolute atomic E-state index is 4.45. The van der Waals surface area contributed by atoms with Gasteiger partial charge in [0.2, 0.25) is 0 Å². The fourth-order valence-corrected chi connectivity index (χ4v) is 2.11. The van der Waals surface area contributed by atoms with Crippen molar-refractivity contribution in [2.75, 3.05) is 25.0 Å². The summed E-state index contributed by atoms with van der Waals surface area (Å²) >= 11 is 0. The third-order valence-electron chi connectivity index (χ3n) is 2.91. The van der Waals surface area contributed by atoms with Crippen molar-refractivity contribution in [3.05, 3.63) is 23.9 Å². The lowest BCUT2D eigenvalue weighted by atomic mass is 10.2. The molecule has 0 bridgehead atoms. The standard InChI is InChI=1S/C15H27N3/c1-4-9-16-15-14(8-7-10-17-15)13-18(11-5-2)12-6-3/h7-8,10H,4-6,9,11-13H2,1-3H3,(H,16,17). The molecule has 0 spiro atoms. The Hall–Kier alpha value is -1.09. The fourth-order valence-electron chi connectivity index (χ4n) is 2.11. The zero-order chi connectivity index (χ0) is 13.2. The first-order chi connectivity index (χ1) is 8.81. The minimum atomic E-state index is 0.992. The highest BCUT2D eigenvalue weighted by molar-refractivity contribution is 5.43. The molecule has 0 aliphatic carbocycles. The summed E-state index contributed by atoms with van der Waals surface area (Å²) in [7, 11) is 0. The Kier molecular flexibility index (Phi) is 7.42. The molecule has 3 nitrogen and oxygen atoms in total. The number of nitrogens with zero attached hydrogens (tertiary/aromatic N) is 2. The van der Waals surface area contributed by atoms with Gasteiger partial charge in [-0.2, -0.15) is 0 Å². The summed E-state index contributed by atoms with van der Waals surface area (Å²) in [5.74, 6) is 1.05. The Labute approximate surface area is 112 Å². The molecule has 0 saturated heterocycles. The van der Waals surface area contributed by atoms with E-state index in [4.69, 9.17) is 0 Å². The van der Waals surface area contributed by atoms with Gasteiger partial charge >= 0.3 is 0 Å². The van der Waals surface area contributed by atoms with Crippen LogP contribution in [0.25, 0.3) is 0 Å². The molecule has 3 heteroatoms. The lowest BCUT2D eigenvalue weighted by Crippen LogP contribution is -2.25. The zero-order valence-corrected chi connectivity index (χ0v) is 12.1. The van der Waals surface area contributed by atoms with E-state index in [2.05, 4.69) is 42.0 Å². The zero-order valence-electron chi connectivity index (χ0n) is 12.1. The van der Waals surface area contributed by atoms with Crippen LogP contribution in [0.1, 0.15) is 45.6 Å². The van der Waals surface area contributed by atoms with E-state index in [9.17, 15) is 0 Å². The van der Waals surface area contributed by atoms with E-state index < -0.39 is 0 Å². The molecule has 1 aromatic rings. The van der Waals surface area contributed by atoms with Gasteiger partial charge in [-0.15, -0.1) is 0 Å². The quantitative estimate of drug-likeness (QED) is 0.725. The molecule has 0 aliphatic heterocycles. The van der Waals surface area contributed by atoms with Crippen LogP contribution in [0.4, 0.5) is 5.82 Å². The Balaban J connectivity index is 2.67. The van der Waals surface area contributed by atoms with Gasteiger partial charge in [0.15, 0.2) is 0 Å². The van der Waals surface area contributed by atoms with E-state index in [-0.39, 0.29) is 0 Å². The van der Waals surface area contributed by atoms with E-state index in [0.29, 0.717) is 0 Å². The minimum absolute atomic E-state index is 0.992. The van der Waals surface area contributed by atoms with Crippen LogP contribution in [0, 0.1) is 0 Å². The molecule has 0 radical (unpaired) electrons. The van der Waals surface area contributed by atoms with E-state index in [1.807, 2.05) is 12.3 Å². The number of rotatable bonds is 9. The van der Waals surface area contributed by atoms with Crippen LogP contribution in [0.3, 0.4) is 0 Å². The van der Waals surface area contributed by atoms with Gasteiger partial charge in [0.05, 0.1) is 0 Å². The van der Waals surface area contributed by atoms with Gasteiger partial charge in [0, 0.05) is 24.8 Å². The van der Waals surface area contributed by atoms with Gasteiger partial charge in [0.25, 0.3) is 0 Å². The lowest BCUT2D eigenvalue weighted by Gasteiger charge is -2.22. The predicted octanol–water partition coefficient (Wildman–Crippen LogP) is 3.53. The minimum Gasteiger partial charge on any atom is -0.370 e. The molecule has 0 saturated carbocycles.